The van der Waals surface area contributed by atoms with Crippen molar-refractivity contribution >= 4 is 24.2 Å². The Hall–Kier alpha value is -5.01. The summed E-state index contributed by atoms with van der Waals surface area (Å²) >= 11 is 0. The van der Waals surface area contributed by atoms with Crippen molar-refractivity contribution in [2.24, 2.45) is 0 Å². The number of carbonyl (C=O) groups excluding carboxylic acids is 1. The molecule has 4 atom stereocenters. The molecule has 12 nitrogen and oxygen atoms in total. The van der Waals surface area contributed by atoms with Crippen LogP contribution in [-0.4, -0.2) is 74.9 Å². The Morgan fingerprint density at radius 2 is 1.57 bits per heavy atom. The number of nitrogens with zero attached hydrogens (tertiary/aromatic N) is 1. The van der Waals surface area contributed by atoms with Crippen LogP contribution < -0.4 is 0 Å². The van der Waals surface area contributed by atoms with E-state index in [0.717, 1.165) is 10.5 Å². The van der Waals surface area contributed by atoms with Crippen molar-refractivity contribution in [3.05, 3.63) is 95.8 Å². The van der Waals surface area contributed by atoms with Gasteiger partial charge in [0.15, 0.2) is 5.79 Å². The molecule has 0 saturated carbocycles. The van der Waals surface area contributed by atoms with Crippen molar-refractivity contribution in [1.29, 1.82) is 0 Å². The van der Waals surface area contributed by atoms with Crippen LogP contribution in [0.4, 0.5) is 14.0 Å². The predicted octanol–water partition coefficient (Wildman–Crippen LogP) is 6.10. The van der Waals surface area contributed by atoms with Crippen LogP contribution in [0.3, 0.4) is 0 Å². The molecule has 0 bridgehead atoms. The average Bonchev–Trinajstić information content (AvgIpc) is 3.23. The number of rotatable bonds is 13. The zero-order valence-electron chi connectivity index (χ0n) is 26.0. The number of halogens is 1. The van der Waals surface area contributed by atoms with E-state index >= 15 is 4.39 Å². The molecule has 3 aromatic carbocycles. The fourth-order valence-electron chi connectivity index (χ4n) is 5.82. The lowest BCUT2D eigenvalue weighted by atomic mass is 9.85. The van der Waals surface area contributed by atoms with Crippen LogP contribution in [-0.2, 0) is 35.0 Å². The van der Waals surface area contributed by atoms with Gasteiger partial charge < -0.3 is 39.2 Å². The molecule has 1 heterocycles. The fourth-order valence-corrected chi connectivity index (χ4v) is 5.82. The summed E-state index contributed by atoms with van der Waals surface area (Å²) in [5, 5.41) is 28.6. The third-order valence-corrected chi connectivity index (χ3v) is 7.83. The average molecular weight is 654 g/mol. The van der Waals surface area contributed by atoms with E-state index in [1.54, 1.807) is 43.3 Å². The van der Waals surface area contributed by atoms with E-state index in [0.29, 0.717) is 29.5 Å². The zero-order valence-corrected chi connectivity index (χ0v) is 26.0. The molecule has 4 rings (SSSR count). The number of aryl methyl sites for hydroxylation is 1. The minimum Gasteiger partial charge on any atom is -0.480 e. The number of aliphatic carboxylic acids is 1. The van der Waals surface area contributed by atoms with Crippen LogP contribution in [0, 0.1) is 5.82 Å². The van der Waals surface area contributed by atoms with E-state index < -0.39 is 72.8 Å². The summed E-state index contributed by atoms with van der Waals surface area (Å²) in [6.07, 6.45) is -5.94. The van der Waals surface area contributed by atoms with Gasteiger partial charge in [0.1, 0.15) is 12.4 Å². The molecule has 1 aliphatic heterocycles. The van der Waals surface area contributed by atoms with Gasteiger partial charge in [-0.05, 0) is 56.4 Å². The second-order valence-corrected chi connectivity index (χ2v) is 11.6. The number of hydrogen-bond acceptors (Lipinski definition) is 8. The van der Waals surface area contributed by atoms with E-state index in [-0.39, 0.29) is 0 Å². The SMILES string of the molecule is C[C@H]([C@H](CCc1ccccc1)c1ccc(-c2ccccc2)c(F)c1)N(CC(=O)O)C(=O)C[C@]1(OC(=O)O)OC(C)(C)O[C@@H]1OC(=O)O. The van der Waals surface area contributed by atoms with Crippen molar-refractivity contribution in [3.63, 3.8) is 0 Å². The van der Waals surface area contributed by atoms with E-state index in [4.69, 9.17) is 18.9 Å². The first-order chi connectivity index (χ1) is 22.2. The highest BCUT2D eigenvalue weighted by molar-refractivity contribution is 5.82. The third-order valence-electron chi connectivity index (χ3n) is 7.83. The number of carboxylic acids is 1. The van der Waals surface area contributed by atoms with Crippen molar-refractivity contribution in [3.8, 4) is 11.1 Å². The van der Waals surface area contributed by atoms with Crippen LogP contribution in [0.15, 0.2) is 78.9 Å². The van der Waals surface area contributed by atoms with Crippen LogP contribution in [0.5, 0.6) is 0 Å². The summed E-state index contributed by atoms with van der Waals surface area (Å²) in [4.78, 5) is 50.2. The molecular weight excluding hydrogens is 617 g/mol. The minimum atomic E-state index is -2.61. The van der Waals surface area contributed by atoms with Gasteiger partial charge >= 0.3 is 18.3 Å². The van der Waals surface area contributed by atoms with Gasteiger partial charge in [-0.2, -0.15) is 0 Å². The predicted molar refractivity (Wildman–Crippen MR) is 164 cm³/mol. The lowest BCUT2D eigenvalue weighted by Gasteiger charge is -2.37. The molecule has 13 heteroatoms. The molecule has 250 valence electrons. The first kappa shape index (κ1) is 34.9. The van der Waals surface area contributed by atoms with Gasteiger partial charge in [0, 0.05) is 17.5 Å². The number of hydrogen-bond donors (Lipinski definition) is 3. The van der Waals surface area contributed by atoms with Crippen LogP contribution >= 0.6 is 0 Å². The summed E-state index contributed by atoms with van der Waals surface area (Å²) < 4.78 is 36.3. The van der Waals surface area contributed by atoms with Crippen molar-refractivity contribution in [2.45, 2.75) is 69.9 Å². The topological polar surface area (TPSA) is 169 Å². The number of carboxylic acid groups (broad SMARTS) is 3. The lowest BCUT2D eigenvalue weighted by molar-refractivity contribution is -0.250. The Balaban J connectivity index is 1.72. The molecule has 0 aromatic heterocycles. The quantitative estimate of drug-likeness (QED) is 0.182. The Morgan fingerprint density at radius 1 is 0.936 bits per heavy atom. The molecule has 3 aromatic rings. The zero-order chi connectivity index (χ0) is 34.4. The van der Waals surface area contributed by atoms with E-state index in [1.807, 2.05) is 36.4 Å². The van der Waals surface area contributed by atoms with E-state index in [9.17, 15) is 34.5 Å². The van der Waals surface area contributed by atoms with Crippen LogP contribution in [0.2, 0.25) is 0 Å². The Morgan fingerprint density at radius 3 is 2.15 bits per heavy atom. The molecule has 47 heavy (non-hydrogen) atoms. The summed E-state index contributed by atoms with van der Waals surface area (Å²) in [6, 6.07) is 22.2. The summed E-state index contributed by atoms with van der Waals surface area (Å²) in [5.74, 6) is -7.74. The smallest absolute Gasteiger partial charge is 0.480 e. The molecule has 0 spiro atoms. The molecule has 1 saturated heterocycles. The highest BCUT2D eigenvalue weighted by Crippen LogP contribution is 2.42. The summed E-state index contributed by atoms with van der Waals surface area (Å²) in [6.45, 7) is 3.43. The summed E-state index contributed by atoms with van der Waals surface area (Å²) in [7, 11) is 0. The van der Waals surface area contributed by atoms with E-state index in [1.165, 1.54) is 19.9 Å². The second-order valence-electron chi connectivity index (χ2n) is 11.6. The van der Waals surface area contributed by atoms with Crippen LogP contribution in [0.25, 0.3) is 11.1 Å². The van der Waals surface area contributed by atoms with Gasteiger partial charge in [-0.1, -0.05) is 72.8 Å². The van der Waals surface area contributed by atoms with Gasteiger partial charge in [-0.25, -0.2) is 14.0 Å². The minimum absolute atomic E-state index is 0.362. The second kappa shape index (κ2) is 14.6. The largest absolute Gasteiger partial charge is 0.508 e. The molecule has 0 aliphatic carbocycles. The van der Waals surface area contributed by atoms with Crippen molar-refractivity contribution < 1.29 is 57.8 Å². The maximum atomic E-state index is 15.6. The highest BCUT2D eigenvalue weighted by atomic mass is 19.1. The molecule has 1 fully saturated rings. The van der Waals surface area contributed by atoms with Gasteiger partial charge in [-0.3, -0.25) is 9.59 Å². The van der Waals surface area contributed by atoms with Gasteiger partial charge in [0.2, 0.25) is 5.91 Å². The maximum absolute atomic E-state index is 15.6. The molecule has 3 N–H and O–H groups in total. The number of benzene rings is 3. The molecular formula is C34H36FNO11. The monoisotopic (exact) mass is 653 g/mol. The Bertz CT molecular complexity index is 1580. The summed E-state index contributed by atoms with van der Waals surface area (Å²) in [5.41, 5.74) is 2.49. The molecule has 1 aliphatic rings. The van der Waals surface area contributed by atoms with Crippen molar-refractivity contribution in [1.82, 2.24) is 4.90 Å². The number of amides is 1. The highest BCUT2D eigenvalue weighted by Gasteiger charge is 2.61. The lowest BCUT2D eigenvalue weighted by Crippen LogP contribution is -2.53. The molecule has 0 radical (unpaired) electrons. The number of ether oxygens (including phenoxy) is 4. The first-order valence-electron chi connectivity index (χ1n) is 14.8. The standard InChI is InChI=1S/C34H36FNO11/c1-21(36(20-29(38)39)28(37)19-34(46-32(42)43)30(44-31(40)41)45-33(2,3)47-34)25(16-14-22-10-6-4-7-11-22)24-15-17-26(27(35)18-24)23-12-8-5-9-13-23/h4-13,15,17-18,21,25,30H,14,16,19-20H2,1-3H3,(H,38,39)(H,40,41)(H,42,43)/t21-,25+,30+,34+/m1/s1. The van der Waals surface area contributed by atoms with E-state index in [2.05, 4.69) is 0 Å². The van der Waals surface area contributed by atoms with Gasteiger partial charge in [0.05, 0.1) is 6.42 Å². The van der Waals surface area contributed by atoms with Crippen LogP contribution in [0.1, 0.15) is 50.7 Å². The first-order valence-corrected chi connectivity index (χ1v) is 14.8. The third kappa shape index (κ3) is 8.83. The normalized spacial score (nSPS) is 19.7. The number of carbonyl (C=O) groups is 4. The van der Waals surface area contributed by atoms with Crippen molar-refractivity contribution in [2.75, 3.05) is 6.54 Å². The Kier molecular flexibility index (Phi) is 10.8. The molecule has 0 unspecified atom stereocenters. The molecule has 1 amide bonds. The Labute approximate surface area is 270 Å². The van der Waals surface area contributed by atoms with Gasteiger partial charge in [-0.15, -0.1) is 0 Å². The van der Waals surface area contributed by atoms with Gasteiger partial charge in [0.25, 0.3) is 12.1 Å². The fraction of sp³-hybridized carbons (Fsp3) is 0.353. The maximum Gasteiger partial charge on any atom is 0.508 e.